The van der Waals surface area contributed by atoms with E-state index in [-0.39, 0.29) is 0 Å². The van der Waals surface area contributed by atoms with Crippen LogP contribution in [0.4, 0.5) is 0 Å². The van der Waals surface area contributed by atoms with Crippen LogP contribution in [0.1, 0.15) is 31.4 Å². The second kappa shape index (κ2) is 5.85. The predicted molar refractivity (Wildman–Crippen MR) is 72.0 cm³/mol. The molecule has 16 heavy (non-hydrogen) atoms. The lowest BCUT2D eigenvalue weighted by Gasteiger charge is -2.12. The van der Waals surface area contributed by atoms with E-state index in [2.05, 4.69) is 13.8 Å². The van der Waals surface area contributed by atoms with Crippen LogP contribution in [0.5, 0.6) is 5.75 Å². The van der Waals surface area contributed by atoms with Gasteiger partial charge in [-0.25, -0.2) is 0 Å². The third-order valence-electron chi connectivity index (χ3n) is 2.36. The van der Waals surface area contributed by atoms with Crippen molar-refractivity contribution in [3.05, 3.63) is 29.3 Å². The molecule has 0 fully saturated rings. The molecular weight excluding hydrogens is 218 g/mol. The molecule has 0 amide bonds. The van der Waals surface area contributed by atoms with Crippen LogP contribution in [-0.4, -0.2) is 11.6 Å². The fraction of sp³-hybridized carbons (Fsp3) is 0.462. The molecule has 88 valence electrons. The second-order valence-corrected chi connectivity index (χ2v) is 4.83. The summed E-state index contributed by atoms with van der Waals surface area (Å²) in [5, 5.41) is 0. The van der Waals surface area contributed by atoms with Gasteiger partial charge in [-0.3, -0.25) is 0 Å². The Kier molecular flexibility index (Phi) is 4.74. The van der Waals surface area contributed by atoms with E-state index in [1.807, 2.05) is 25.1 Å². The third kappa shape index (κ3) is 3.81. The molecule has 1 aromatic rings. The van der Waals surface area contributed by atoms with Crippen molar-refractivity contribution >= 4 is 17.2 Å². The van der Waals surface area contributed by atoms with Gasteiger partial charge in [0.05, 0.1) is 12.2 Å². The summed E-state index contributed by atoms with van der Waals surface area (Å²) in [6.45, 7) is 7.08. The molecule has 0 radical (unpaired) electrons. The highest BCUT2D eigenvalue weighted by Crippen LogP contribution is 2.20. The molecule has 0 aromatic heterocycles. The fourth-order valence-corrected chi connectivity index (χ4v) is 1.53. The zero-order valence-corrected chi connectivity index (χ0v) is 10.9. The SMILES string of the molecule is Cc1ccc(C(N)=S)c(OCCC(C)C)c1. The molecule has 0 atom stereocenters. The number of ether oxygens (including phenoxy) is 1. The van der Waals surface area contributed by atoms with E-state index >= 15 is 0 Å². The first-order valence-electron chi connectivity index (χ1n) is 5.54. The number of aryl methyl sites for hydroxylation is 1. The number of nitrogens with two attached hydrogens (primary N) is 1. The van der Waals surface area contributed by atoms with Gasteiger partial charge < -0.3 is 10.5 Å². The molecule has 0 aliphatic rings. The van der Waals surface area contributed by atoms with Crippen LogP contribution >= 0.6 is 12.2 Å². The Morgan fingerprint density at radius 1 is 1.44 bits per heavy atom. The van der Waals surface area contributed by atoms with Crippen LogP contribution < -0.4 is 10.5 Å². The molecule has 1 rings (SSSR count). The molecule has 0 aliphatic carbocycles. The summed E-state index contributed by atoms with van der Waals surface area (Å²) in [5.41, 5.74) is 7.62. The Morgan fingerprint density at radius 3 is 2.69 bits per heavy atom. The maximum absolute atomic E-state index is 5.72. The largest absolute Gasteiger partial charge is 0.493 e. The first-order valence-corrected chi connectivity index (χ1v) is 5.94. The second-order valence-electron chi connectivity index (χ2n) is 4.39. The van der Waals surface area contributed by atoms with E-state index in [1.54, 1.807) is 0 Å². The minimum atomic E-state index is 0.388. The summed E-state index contributed by atoms with van der Waals surface area (Å²) in [6.07, 6.45) is 1.03. The maximum atomic E-state index is 5.72. The van der Waals surface area contributed by atoms with Gasteiger partial charge in [0.1, 0.15) is 10.7 Å². The Bertz CT molecular complexity index is 374. The minimum Gasteiger partial charge on any atom is -0.493 e. The van der Waals surface area contributed by atoms with Crippen molar-refractivity contribution < 1.29 is 4.74 Å². The standard InChI is InChI=1S/C13H19NOS/c1-9(2)6-7-15-12-8-10(3)4-5-11(12)13(14)16/h4-5,8-9H,6-7H2,1-3H3,(H2,14,16). The number of thiocarbonyl (C=S) groups is 1. The van der Waals surface area contributed by atoms with Crippen LogP contribution in [0.3, 0.4) is 0 Å². The smallest absolute Gasteiger partial charge is 0.129 e. The first kappa shape index (κ1) is 13.0. The van der Waals surface area contributed by atoms with Crippen molar-refractivity contribution in [2.75, 3.05) is 6.61 Å². The molecule has 0 saturated heterocycles. The predicted octanol–water partition coefficient (Wildman–Crippen LogP) is 3.05. The van der Waals surface area contributed by atoms with Gasteiger partial charge in [-0.1, -0.05) is 32.1 Å². The van der Waals surface area contributed by atoms with Crippen LogP contribution in [0.25, 0.3) is 0 Å². The van der Waals surface area contributed by atoms with Gasteiger partial charge in [-0.05, 0) is 37.0 Å². The van der Waals surface area contributed by atoms with E-state index < -0.39 is 0 Å². The van der Waals surface area contributed by atoms with Gasteiger partial charge in [0.2, 0.25) is 0 Å². The van der Waals surface area contributed by atoms with E-state index in [9.17, 15) is 0 Å². The van der Waals surface area contributed by atoms with E-state index in [0.717, 1.165) is 23.3 Å². The van der Waals surface area contributed by atoms with Crippen molar-refractivity contribution in [1.82, 2.24) is 0 Å². The molecule has 0 bridgehead atoms. The van der Waals surface area contributed by atoms with Crippen LogP contribution in [-0.2, 0) is 0 Å². The Morgan fingerprint density at radius 2 is 2.12 bits per heavy atom. The number of benzene rings is 1. The number of rotatable bonds is 5. The Balaban J connectivity index is 2.76. The normalized spacial score (nSPS) is 10.5. The quantitative estimate of drug-likeness (QED) is 0.799. The monoisotopic (exact) mass is 237 g/mol. The van der Waals surface area contributed by atoms with Gasteiger partial charge in [-0.15, -0.1) is 0 Å². The average molecular weight is 237 g/mol. The van der Waals surface area contributed by atoms with Crippen LogP contribution in [0, 0.1) is 12.8 Å². The van der Waals surface area contributed by atoms with Gasteiger partial charge >= 0.3 is 0 Å². The van der Waals surface area contributed by atoms with E-state index in [0.29, 0.717) is 17.5 Å². The summed E-state index contributed by atoms with van der Waals surface area (Å²) in [4.78, 5) is 0.388. The maximum Gasteiger partial charge on any atom is 0.129 e. The molecule has 0 aliphatic heterocycles. The molecule has 0 unspecified atom stereocenters. The van der Waals surface area contributed by atoms with E-state index in [1.165, 1.54) is 0 Å². The van der Waals surface area contributed by atoms with E-state index in [4.69, 9.17) is 22.7 Å². The highest BCUT2D eigenvalue weighted by Gasteiger charge is 2.06. The van der Waals surface area contributed by atoms with Gasteiger partial charge in [-0.2, -0.15) is 0 Å². The minimum absolute atomic E-state index is 0.388. The van der Waals surface area contributed by atoms with Crippen molar-refractivity contribution in [3.8, 4) is 5.75 Å². The average Bonchev–Trinajstić information content (AvgIpc) is 2.16. The zero-order chi connectivity index (χ0) is 12.1. The van der Waals surface area contributed by atoms with Gasteiger partial charge in [0.25, 0.3) is 0 Å². The molecule has 2 nitrogen and oxygen atoms in total. The molecular formula is C13H19NOS. The van der Waals surface area contributed by atoms with Crippen molar-refractivity contribution in [3.63, 3.8) is 0 Å². The van der Waals surface area contributed by atoms with Crippen molar-refractivity contribution in [1.29, 1.82) is 0 Å². The Labute approximate surface area is 103 Å². The highest BCUT2D eigenvalue weighted by atomic mass is 32.1. The van der Waals surface area contributed by atoms with Crippen LogP contribution in [0.15, 0.2) is 18.2 Å². The van der Waals surface area contributed by atoms with Crippen molar-refractivity contribution in [2.45, 2.75) is 27.2 Å². The molecule has 0 saturated carbocycles. The summed E-state index contributed by atoms with van der Waals surface area (Å²) in [5.74, 6) is 1.44. The summed E-state index contributed by atoms with van der Waals surface area (Å²) in [7, 11) is 0. The third-order valence-corrected chi connectivity index (χ3v) is 2.58. The fourth-order valence-electron chi connectivity index (χ4n) is 1.36. The molecule has 0 spiro atoms. The first-order chi connectivity index (χ1) is 7.50. The lowest BCUT2D eigenvalue weighted by atomic mass is 10.1. The lowest BCUT2D eigenvalue weighted by Crippen LogP contribution is -2.12. The van der Waals surface area contributed by atoms with Crippen LogP contribution in [0.2, 0.25) is 0 Å². The molecule has 2 N–H and O–H groups in total. The lowest BCUT2D eigenvalue weighted by molar-refractivity contribution is 0.289. The van der Waals surface area contributed by atoms with Gasteiger partial charge in [0, 0.05) is 0 Å². The molecule has 1 aromatic carbocycles. The Hall–Kier alpha value is -1.09. The van der Waals surface area contributed by atoms with Crippen molar-refractivity contribution in [2.24, 2.45) is 11.7 Å². The summed E-state index contributed by atoms with van der Waals surface area (Å²) >= 11 is 4.99. The highest BCUT2D eigenvalue weighted by molar-refractivity contribution is 7.80. The number of hydrogen-bond acceptors (Lipinski definition) is 2. The molecule has 0 heterocycles. The summed E-state index contributed by atoms with van der Waals surface area (Å²) in [6, 6.07) is 5.89. The molecule has 3 heteroatoms. The number of hydrogen-bond donors (Lipinski definition) is 1. The van der Waals surface area contributed by atoms with Gasteiger partial charge in [0.15, 0.2) is 0 Å². The zero-order valence-electron chi connectivity index (χ0n) is 10.1. The topological polar surface area (TPSA) is 35.2 Å². The summed E-state index contributed by atoms with van der Waals surface area (Å²) < 4.78 is 5.72.